The van der Waals surface area contributed by atoms with E-state index in [1.165, 1.54) is 6.26 Å². The lowest BCUT2D eigenvalue weighted by Crippen LogP contribution is -2.32. The van der Waals surface area contributed by atoms with Gasteiger partial charge in [0, 0.05) is 18.0 Å². The van der Waals surface area contributed by atoms with Crippen molar-refractivity contribution in [3.63, 3.8) is 0 Å². The maximum absolute atomic E-state index is 11.7. The Bertz CT molecular complexity index is 315. The third kappa shape index (κ3) is 2.56. The average Bonchev–Trinajstić information content (AvgIpc) is 2.71. The first-order valence-electron chi connectivity index (χ1n) is 5.22. The van der Waals surface area contributed by atoms with Crippen LogP contribution < -0.4 is 11.1 Å². The Morgan fingerprint density at radius 1 is 1.47 bits per heavy atom. The lowest BCUT2D eigenvalue weighted by molar-refractivity contribution is -0.120. The van der Waals surface area contributed by atoms with E-state index in [9.17, 15) is 4.79 Å². The summed E-state index contributed by atoms with van der Waals surface area (Å²) in [6, 6.07) is 1.90. The van der Waals surface area contributed by atoms with Crippen LogP contribution in [0.25, 0.3) is 0 Å². The van der Waals surface area contributed by atoms with Gasteiger partial charge in [-0.3, -0.25) is 4.79 Å². The monoisotopic (exact) mass is 209 g/mol. The molecule has 5 heteroatoms. The van der Waals surface area contributed by atoms with Crippen LogP contribution in [0.3, 0.4) is 0 Å². The minimum atomic E-state index is 0.0239. The summed E-state index contributed by atoms with van der Waals surface area (Å²) in [6.07, 6.45) is 5.02. The van der Waals surface area contributed by atoms with Gasteiger partial charge in [0.05, 0.1) is 0 Å². The Balaban J connectivity index is 1.86. The highest BCUT2D eigenvalue weighted by Gasteiger charge is 2.24. The third-order valence-electron chi connectivity index (χ3n) is 2.83. The fourth-order valence-electron chi connectivity index (χ4n) is 1.89. The van der Waals surface area contributed by atoms with E-state index in [1.54, 1.807) is 6.07 Å². The molecular weight excluding hydrogens is 194 g/mol. The van der Waals surface area contributed by atoms with Crippen LogP contribution in [0, 0.1) is 5.92 Å². The van der Waals surface area contributed by atoms with Crippen molar-refractivity contribution in [2.75, 3.05) is 5.32 Å². The standard InChI is InChI=1S/C10H15N3O2/c11-8-3-1-7(2-4-8)10(14)12-9-5-6-15-13-9/h5-8H,1-4,11H2,(H,12,13,14). The van der Waals surface area contributed by atoms with Gasteiger partial charge in [-0.25, -0.2) is 0 Å². The van der Waals surface area contributed by atoms with E-state index in [1.807, 2.05) is 0 Å². The van der Waals surface area contributed by atoms with Crippen molar-refractivity contribution in [1.29, 1.82) is 0 Å². The number of carbonyl (C=O) groups excluding carboxylic acids is 1. The maximum Gasteiger partial charge on any atom is 0.228 e. The van der Waals surface area contributed by atoms with Crippen LogP contribution in [-0.4, -0.2) is 17.1 Å². The average molecular weight is 209 g/mol. The lowest BCUT2D eigenvalue weighted by atomic mass is 9.86. The van der Waals surface area contributed by atoms with Gasteiger partial charge in [0.25, 0.3) is 0 Å². The van der Waals surface area contributed by atoms with Gasteiger partial charge in [0.2, 0.25) is 5.91 Å². The van der Waals surface area contributed by atoms with Crippen molar-refractivity contribution >= 4 is 11.7 Å². The Labute approximate surface area is 88.0 Å². The number of amides is 1. The summed E-state index contributed by atoms with van der Waals surface area (Å²) in [5.41, 5.74) is 5.77. The molecule has 5 nitrogen and oxygen atoms in total. The zero-order valence-electron chi connectivity index (χ0n) is 8.48. The summed E-state index contributed by atoms with van der Waals surface area (Å²) in [6.45, 7) is 0. The molecule has 1 saturated carbocycles. The van der Waals surface area contributed by atoms with Crippen molar-refractivity contribution in [2.24, 2.45) is 11.7 Å². The summed E-state index contributed by atoms with van der Waals surface area (Å²) >= 11 is 0. The molecule has 0 bridgehead atoms. The molecule has 1 amide bonds. The zero-order valence-corrected chi connectivity index (χ0v) is 8.48. The molecule has 0 saturated heterocycles. The highest BCUT2D eigenvalue weighted by molar-refractivity contribution is 5.91. The molecule has 0 atom stereocenters. The van der Waals surface area contributed by atoms with Crippen LogP contribution in [0.4, 0.5) is 5.82 Å². The Hall–Kier alpha value is -1.36. The molecule has 1 aliphatic rings. The molecule has 1 heterocycles. The highest BCUT2D eigenvalue weighted by atomic mass is 16.5. The van der Waals surface area contributed by atoms with Crippen LogP contribution in [0.5, 0.6) is 0 Å². The van der Waals surface area contributed by atoms with Crippen LogP contribution in [0.2, 0.25) is 0 Å². The predicted molar refractivity (Wildman–Crippen MR) is 55.1 cm³/mol. The van der Waals surface area contributed by atoms with E-state index in [-0.39, 0.29) is 17.9 Å². The van der Waals surface area contributed by atoms with Gasteiger partial charge in [0.1, 0.15) is 6.26 Å². The number of nitrogens with one attached hydrogen (secondary N) is 1. The van der Waals surface area contributed by atoms with Crippen LogP contribution >= 0.6 is 0 Å². The van der Waals surface area contributed by atoms with Crippen LogP contribution in [-0.2, 0) is 4.79 Å². The van der Waals surface area contributed by atoms with Gasteiger partial charge in [0.15, 0.2) is 5.82 Å². The van der Waals surface area contributed by atoms with Crippen molar-refractivity contribution in [3.05, 3.63) is 12.3 Å². The maximum atomic E-state index is 11.7. The molecule has 82 valence electrons. The first kappa shape index (κ1) is 10.2. The normalized spacial score (nSPS) is 26.2. The molecule has 2 rings (SSSR count). The molecular formula is C10H15N3O2. The predicted octanol–water partition coefficient (Wildman–Crippen LogP) is 1.13. The molecule has 1 aromatic rings. The molecule has 0 aromatic carbocycles. The lowest BCUT2D eigenvalue weighted by Gasteiger charge is -2.24. The molecule has 0 radical (unpaired) electrons. The van der Waals surface area contributed by atoms with Crippen molar-refractivity contribution in [1.82, 2.24) is 5.16 Å². The number of rotatable bonds is 2. The molecule has 1 aliphatic carbocycles. The van der Waals surface area contributed by atoms with E-state index in [0.717, 1.165) is 25.7 Å². The van der Waals surface area contributed by atoms with Crippen molar-refractivity contribution in [3.8, 4) is 0 Å². The Morgan fingerprint density at radius 3 is 2.80 bits per heavy atom. The summed E-state index contributed by atoms with van der Waals surface area (Å²) < 4.78 is 4.64. The number of nitrogens with zero attached hydrogens (tertiary/aromatic N) is 1. The summed E-state index contributed by atoms with van der Waals surface area (Å²) in [5.74, 6) is 0.576. The van der Waals surface area contributed by atoms with Gasteiger partial charge >= 0.3 is 0 Å². The van der Waals surface area contributed by atoms with Gasteiger partial charge in [-0.15, -0.1) is 0 Å². The Kier molecular flexibility index (Phi) is 3.01. The number of nitrogens with two attached hydrogens (primary N) is 1. The number of anilines is 1. The molecule has 1 fully saturated rings. The molecule has 0 unspecified atom stereocenters. The van der Waals surface area contributed by atoms with Crippen LogP contribution in [0.15, 0.2) is 16.9 Å². The minimum Gasteiger partial charge on any atom is -0.363 e. The first-order valence-corrected chi connectivity index (χ1v) is 5.22. The van der Waals surface area contributed by atoms with E-state index < -0.39 is 0 Å². The fourth-order valence-corrected chi connectivity index (χ4v) is 1.89. The summed E-state index contributed by atoms with van der Waals surface area (Å²) in [7, 11) is 0. The third-order valence-corrected chi connectivity index (χ3v) is 2.83. The quantitative estimate of drug-likeness (QED) is 0.765. The first-order chi connectivity index (χ1) is 7.25. The SMILES string of the molecule is NC1CCC(C(=O)Nc2ccon2)CC1. The van der Waals surface area contributed by atoms with Crippen molar-refractivity contribution in [2.45, 2.75) is 31.7 Å². The van der Waals surface area contributed by atoms with Gasteiger partial charge < -0.3 is 15.6 Å². The number of hydrogen-bond donors (Lipinski definition) is 2. The fraction of sp³-hybridized carbons (Fsp3) is 0.600. The zero-order chi connectivity index (χ0) is 10.7. The number of aromatic nitrogens is 1. The smallest absolute Gasteiger partial charge is 0.228 e. The second-order valence-electron chi connectivity index (χ2n) is 3.99. The number of carbonyl (C=O) groups is 1. The van der Waals surface area contributed by atoms with Gasteiger partial charge in [-0.1, -0.05) is 5.16 Å². The van der Waals surface area contributed by atoms with Crippen LogP contribution in [0.1, 0.15) is 25.7 Å². The van der Waals surface area contributed by atoms with Gasteiger partial charge in [-0.2, -0.15) is 0 Å². The molecule has 0 spiro atoms. The van der Waals surface area contributed by atoms with Gasteiger partial charge in [-0.05, 0) is 25.7 Å². The molecule has 1 aromatic heterocycles. The summed E-state index contributed by atoms with van der Waals surface area (Å²) in [5, 5.41) is 6.36. The van der Waals surface area contributed by atoms with E-state index >= 15 is 0 Å². The Morgan fingerprint density at radius 2 is 2.20 bits per heavy atom. The largest absolute Gasteiger partial charge is 0.363 e. The van der Waals surface area contributed by atoms with E-state index in [4.69, 9.17) is 5.73 Å². The molecule has 3 N–H and O–H groups in total. The molecule has 15 heavy (non-hydrogen) atoms. The van der Waals surface area contributed by atoms with E-state index in [2.05, 4.69) is 15.0 Å². The second kappa shape index (κ2) is 4.44. The summed E-state index contributed by atoms with van der Waals surface area (Å²) in [4.78, 5) is 11.7. The van der Waals surface area contributed by atoms with Crippen molar-refractivity contribution < 1.29 is 9.32 Å². The minimum absolute atomic E-state index is 0.0239. The van der Waals surface area contributed by atoms with E-state index in [0.29, 0.717) is 5.82 Å². The highest BCUT2D eigenvalue weighted by Crippen LogP contribution is 2.24. The molecule has 0 aliphatic heterocycles. The second-order valence-corrected chi connectivity index (χ2v) is 3.99. The number of hydrogen-bond acceptors (Lipinski definition) is 4. The topological polar surface area (TPSA) is 81.2 Å².